The fourth-order valence-corrected chi connectivity index (χ4v) is 13.6. The number of aromatic nitrogens is 2. The monoisotopic (exact) mass is 1130 g/mol. The Hall–Kier alpha value is -10.2. The van der Waals surface area contributed by atoms with Crippen LogP contribution in [0.3, 0.4) is 0 Å². The lowest BCUT2D eigenvalue weighted by Crippen LogP contribution is -2.30. The maximum absolute atomic E-state index is 7.05. The molecule has 1 aliphatic heterocycles. The summed E-state index contributed by atoms with van der Waals surface area (Å²) < 4.78 is 9.36. The van der Waals surface area contributed by atoms with Crippen LogP contribution in [0.1, 0.15) is 97.2 Å². The van der Waals surface area contributed by atoms with E-state index in [4.69, 9.17) is 9.72 Å². The van der Waals surface area contributed by atoms with Crippen LogP contribution >= 0.6 is 0 Å². The Labute approximate surface area is 512 Å². The first-order chi connectivity index (χ1) is 42.4. The Balaban J connectivity index is 0.872. The van der Waals surface area contributed by atoms with E-state index >= 15 is 0 Å². The summed E-state index contributed by atoms with van der Waals surface area (Å²) in [5, 5.41) is 2.28. The van der Waals surface area contributed by atoms with Gasteiger partial charge in [0.05, 0.1) is 22.4 Å². The number of benzene rings is 11. The highest BCUT2D eigenvalue weighted by atomic mass is 16.5. The van der Waals surface area contributed by atoms with E-state index < -0.39 is 16.2 Å². The number of hydrogen-bond acceptors (Lipinski definition) is 4. The fourth-order valence-electron chi connectivity index (χ4n) is 13.6. The van der Waals surface area contributed by atoms with E-state index in [1.54, 1.807) is 0 Å². The predicted octanol–water partition coefficient (Wildman–Crippen LogP) is 20.6. The van der Waals surface area contributed by atoms with Gasteiger partial charge < -0.3 is 14.5 Å². The largest absolute Gasteiger partial charge is 0.457 e. The lowest BCUT2D eigenvalue weighted by Gasteiger charge is -2.37. The maximum Gasteiger partial charge on any atom is 0.137 e. The Kier molecular flexibility index (Phi) is 13.8. The van der Waals surface area contributed by atoms with Gasteiger partial charge in [-0.1, -0.05) is 233 Å². The quantitative estimate of drug-likeness (QED) is 0.102. The van der Waals surface area contributed by atoms with Crippen molar-refractivity contribution in [1.29, 1.82) is 0 Å². The third-order valence-electron chi connectivity index (χ3n) is 18.8. The molecule has 0 aliphatic carbocycles. The summed E-state index contributed by atoms with van der Waals surface area (Å²) in [6, 6.07) is 108. The lowest BCUT2D eigenvalue weighted by molar-refractivity contribution is 0.483. The Morgan fingerprint density at radius 1 is 0.310 bits per heavy atom. The maximum atomic E-state index is 7.05. The molecule has 5 nitrogen and oxygen atoms in total. The zero-order valence-electron chi connectivity index (χ0n) is 50.3. The normalized spacial score (nSPS) is 12.9. The van der Waals surface area contributed by atoms with Crippen molar-refractivity contribution in [2.45, 2.75) is 63.2 Å². The number of nitrogens with zero attached hydrogens (tertiary/aromatic N) is 4. The molecule has 0 spiro atoms. The minimum atomic E-state index is -0.508. The topological polar surface area (TPSA) is 33.5 Å². The van der Waals surface area contributed by atoms with Gasteiger partial charge in [0.2, 0.25) is 0 Å². The second kappa shape index (κ2) is 22.0. The molecule has 87 heavy (non-hydrogen) atoms. The molecule has 13 aromatic rings. The van der Waals surface area contributed by atoms with E-state index in [0.29, 0.717) is 6.67 Å². The van der Waals surface area contributed by atoms with Crippen LogP contribution in [0.15, 0.2) is 303 Å². The van der Waals surface area contributed by atoms with Crippen LogP contribution in [0.2, 0.25) is 0 Å². The molecule has 0 bridgehead atoms. The molecule has 0 atom stereocenters. The van der Waals surface area contributed by atoms with Crippen molar-refractivity contribution in [2.24, 2.45) is 0 Å². The average Bonchev–Trinajstić information content (AvgIpc) is 1.85. The molecule has 5 heteroatoms. The highest BCUT2D eigenvalue weighted by molar-refractivity contribution is 6.10. The van der Waals surface area contributed by atoms with Gasteiger partial charge in [-0.05, 0) is 155 Å². The molecule has 11 aromatic carbocycles. The van der Waals surface area contributed by atoms with Gasteiger partial charge >= 0.3 is 0 Å². The molecule has 0 saturated carbocycles. The molecule has 0 radical (unpaired) electrons. The van der Waals surface area contributed by atoms with E-state index in [2.05, 4.69) is 353 Å². The van der Waals surface area contributed by atoms with Crippen LogP contribution in [-0.2, 0) is 21.7 Å². The van der Waals surface area contributed by atoms with Gasteiger partial charge in [0, 0.05) is 56.7 Å². The van der Waals surface area contributed by atoms with Crippen LogP contribution in [0, 0.1) is 0 Å². The first-order valence-corrected chi connectivity index (χ1v) is 30.4. The molecular formula is C82H70N4O. The summed E-state index contributed by atoms with van der Waals surface area (Å²) in [5.41, 5.74) is 17.2. The van der Waals surface area contributed by atoms with Gasteiger partial charge in [-0.25, -0.2) is 4.98 Å². The number of anilines is 4. The minimum Gasteiger partial charge on any atom is -0.457 e. The van der Waals surface area contributed by atoms with E-state index in [-0.39, 0.29) is 5.41 Å². The van der Waals surface area contributed by atoms with E-state index in [0.717, 1.165) is 61.9 Å². The number of pyridine rings is 1. The van der Waals surface area contributed by atoms with E-state index in [9.17, 15) is 0 Å². The van der Waals surface area contributed by atoms with Crippen molar-refractivity contribution >= 4 is 44.6 Å². The Morgan fingerprint density at radius 2 is 0.759 bits per heavy atom. The van der Waals surface area contributed by atoms with Gasteiger partial charge in [-0.15, -0.1) is 0 Å². The van der Waals surface area contributed by atoms with Crippen molar-refractivity contribution < 1.29 is 4.74 Å². The molecule has 0 saturated heterocycles. The highest BCUT2D eigenvalue weighted by Gasteiger charge is 2.39. The number of ether oxygens (including phenoxy) is 1. The summed E-state index contributed by atoms with van der Waals surface area (Å²) in [6.45, 7) is 14.5. The Bertz CT molecular complexity index is 4370. The van der Waals surface area contributed by atoms with Crippen LogP contribution in [0.25, 0.3) is 27.6 Å². The van der Waals surface area contributed by atoms with Crippen molar-refractivity contribution in [1.82, 2.24) is 9.55 Å². The van der Waals surface area contributed by atoms with Gasteiger partial charge in [0.1, 0.15) is 24.0 Å². The van der Waals surface area contributed by atoms with Gasteiger partial charge in [-0.2, -0.15) is 0 Å². The SMILES string of the molecule is CC(C)(C)c1ccnc(-n2c3ccc(C(C)(c4ccccc4)c4ccccc4)cc3c3ccc(Oc4cccc(N5CN(c6cc(C(C)(c7ccccc7)c7ccccc7)cc(C(C)(c7ccccc7)c7ccccc7)c6)c6ccccc65)c4)cc32)c1. The van der Waals surface area contributed by atoms with Crippen molar-refractivity contribution in [3.05, 3.63) is 359 Å². The first-order valence-electron chi connectivity index (χ1n) is 30.4. The number of rotatable bonds is 14. The molecule has 0 N–H and O–H groups in total. The Morgan fingerprint density at radius 3 is 1.24 bits per heavy atom. The molecule has 424 valence electrons. The van der Waals surface area contributed by atoms with Gasteiger partial charge in [0.25, 0.3) is 0 Å². The molecule has 0 amide bonds. The van der Waals surface area contributed by atoms with E-state index in [1.807, 2.05) is 6.20 Å². The molecular weight excluding hydrogens is 1060 g/mol. The van der Waals surface area contributed by atoms with Crippen LogP contribution in [0.4, 0.5) is 22.7 Å². The van der Waals surface area contributed by atoms with E-state index in [1.165, 1.54) is 55.6 Å². The summed E-state index contributed by atoms with van der Waals surface area (Å²) >= 11 is 0. The third-order valence-corrected chi connectivity index (χ3v) is 18.8. The standard InChI is InChI=1S/C82H70N4O/c1-79(2,3)64-48-49-83-78(54-64)86-74-47-44-65(80(4,58-28-13-7-14-29-58)59-30-15-8-16-31-59)53-73(74)72-46-45-71(56-77(72)86)87-70-41-27-40-68(55-70)84-57-85(76-43-26-25-42-75(76)84)69-51-66(81(5,60-32-17-9-18-33-60)61-34-19-10-20-35-61)50-67(52-69)82(6,62-36-21-11-22-37-62)63-38-23-12-24-39-63/h7-56H,57H2,1-6H3. The lowest BCUT2D eigenvalue weighted by atomic mass is 9.67. The molecule has 1 aliphatic rings. The molecule has 3 heterocycles. The van der Waals surface area contributed by atoms with Crippen LogP contribution in [0.5, 0.6) is 11.5 Å². The van der Waals surface area contributed by atoms with Crippen molar-refractivity contribution in [2.75, 3.05) is 16.5 Å². The summed E-state index contributed by atoms with van der Waals surface area (Å²) in [7, 11) is 0. The van der Waals surface area contributed by atoms with Gasteiger partial charge in [-0.3, -0.25) is 4.57 Å². The minimum absolute atomic E-state index is 0.0752. The van der Waals surface area contributed by atoms with Gasteiger partial charge in [0.15, 0.2) is 0 Å². The predicted molar refractivity (Wildman–Crippen MR) is 361 cm³/mol. The van der Waals surface area contributed by atoms with Crippen LogP contribution < -0.4 is 14.5 Å². The van der Waals surface area contributed by atoms with Crippen molar-refractivity contribution in [3.8, 4) is 17.3 Å². The number of hydrogen-bond donors (Lipinski definition) is 0. The van der Waals surface area contributed by atoms with Crippen LogP contribution in [-0.4, -0.2) is 16.2 Å². The summed E-state index contributed by atoms with van der Waals surface area (Å²) in [5.74, 6) is 2.35. The molecule has 14 rings (SSSR count). The molecule has 2 aromatic heterocycles. The smallest absolute Gasteiger partial charge is 0.137 e. The first kappa shape index (κ1) is 54.7. The number of fused-ring (bicyclic) bond motifs is 4. The second-order valence-electron chi connectivity index (χ2n) is 24.8. The highest BCUT2D eigenvalue weighted by Crippen LogP contribution is 2.51. The fraction of sp³-hybridized carbons (Fsp3) is 0.134. The zero-order valence-corrected chi connectivity index (χ0v) is 50.3. The third kappa shape index (κ3) is 9.64. The number of para-hydroxylation sites is 2. The zero-order chi connectivity index (χ0) is 59.3. The molecule has 0 fully saturated rings. The summed E-state index contributed by atoms with van der Waals surface area (Å²) in [4.78, 5) is 9.99. The van der Waals surface area contributed by atoms with Crippen molar-refractivity contribution in [3.63, 3.8) is 0 Å². The second-order valence-corrected chi connectivity index (χ2v) is 24.8. The average molecular weight is 1130 g/mol. The summed E-state index contributed by atoms with van der Waals surface area (Å²) in [6.07, 6.45) is 1.95. The molecule has 0 unspecified atom stereocenters.